The van der Waals surface area contributed by atoms with E-state index in [0.717, 1.165) is 17.9 Å². The zero-order valence-electron chi connectivity index (χ0n) is 13.2. The van der Waals surface area contributed by atoms with E-state index in [0.29, 0.717) is 17.9 Å². The van der Waals surface area contributed by atoms with Gasteiger partial charge in [-0.2, -0.15) is 0 Å². The Bertz CT molecular complexity index is 617. The normalized spacial score (nSPS) is 13.1. The molecule has 1 unspecified atom stereocenters. The van der Waals surface area contributed by atoms with Crippen LogP contribution in [0.1, 0.15) is 51.3 Å². The molecule has 0 aliphatic heterocycles. The zero-order chi connectivity index (χ0) is 15.5. The van der Waals surface area contributed by atoms with Gasteiger partial charge in [-0.3, -0.25) is 15.0 Å². The summed E-state index contributed by atoms with van der Waals surface area (Å²) in [6.07, 6.45) is 1.15. The third kappa shape index (κ3) is 4.81. The lowest BCUT2D eigenvalue weighted by molar-refractivity contribution is 0.301. The van der Waals surface area contributed by atoms with Gasteiger partial charge in [-0.1, -0.05) is 39.8 Å². The first-order valence-electron chi connectivity index (χ1n) is 7.33. The second kappa shape index (κ2) is 6.20. The van der Waals surface area contributed by atoms with Crippen LogP contribution in [-0.2, 0) is 6.61 Å². The second-order valence-electron chi connectivity index (χ2n) is 6.81. The van der Waals surface area contributed by atoms with E-state index in [-0.39, 0.29) is 5.56 Å². The summed E-state index contributed by atoms with van der Waals surface area (Å²) in [5, 5.41) is 5.26. The number of hydrogen-bond donors (Lipinski definition) is 2. The van der Waals surface area contributed by atoms with E-state index in [2.05, 4.69) is 50.0 Å². The van der Waals surface area contributed by atoms with Crippen LogP contribution >= 0.6 is 0 Å². The maximum Gasteiger partial charge on any atom is 0.264 e. The van der Waals surface area contributed by atoms with E-state index in [1.165, 1.54) is 11.6 Å². The number of hydrogen-bond acceptors (Lipinski definition) is 2. The Morgan fingerprint density at radius 1 is 1.14 bits per heavy atom. The van der Waals surface area contributed by atoms with Crippen molar-refractivity contribution in [1.29, 1.82) is 0 Å². The number of aromatic nitrogens is 2. The Hall–Kier alpha value is -1.97. The fourth-order valence-corrected chi connectivity index (χ4v) is 2.54. The predicted molar refractivity (Wildman–Crippen MR) is 84.7 cm³/mol. The Morgan fingerprint density at radius 2 is 1.81 bits per heavy atom. The smallest absolute Gasteiger partial charge is 0.264 e. The topological polar surface area (TPSA) is 57.9 Å². The first-order valence-corrected chi connectivity index (χ1v) is 7.33. The lowest BCUT2D eigenvalue weighted by atomic mass is 9.82. The van der Waals surface area contributed by atoms with Gasteiger partial charge >= 0.3 is 0 Å². The third-order valence-corrected chi connectivity index (χ3v) is 3.41. The highest BCUT2D eigenvalue weighted by atomic mass is 16.5. The average Bonchev–Trinajstić information content (AvgIpc) is 2.81. The summed E-state index contributed by atoms with van der Waals surface area (Å²) in [5.74, 6) is 1.34. The summed E-state index contributed by atoms with van der Waals surface area (Å²) >= 11 is 0. The molecular formula is C17H24N2O2. The first kappa shape index (κ1) is 15.4. The van der Waals surface area contributed by atoms with Gasteiger partial charge in [0, 0.05) is 6.07 Å². The van der Waals surface area contributed by atoms with Crippen molar-refractivity contribution in [3.8, 4) is 5.75 Å². The number of aromatic amines is 2. The van der Waals surface area contributed by atoms with Crippen LogP contribution in [0.3, 0.4) is 0 Å². The summed E-state index contributed by atoms with van der Waals surface area (Å²) in [5.41, 5.74) is 2.26. The summed E-state index contributed by atoms with van der Waals surface area (Å²) in [6.45, 7) is 9.40. The Kier molecular flexibility index (Phi) is 4.56. The van der Waals surface area contributed by atoms with Gasteiger partial charge < -0.3 is 4.74 Å². The molecule has 4 nitrogen and oxygen atoms in total. The fourth-order valence-electron chi connectivity index (χ4n) is 2.54. The number of ether oxygens (including phenoxy) is 1. The van der Waals surface area contributed by atoms with Crippen molar-refractivity contribution < 1.29 is 4.74 Å². The molecule has 0 radical (unpaired) electrons. The van der Waals surface area contributed by atoms with Gasteiger partial charge in [-0.05, 0) is 35.4 Å². The predicted octanol–water partition coefficient (Wildman–Crippen LogP) is 3.82. The second-order valence-corrected chi connectivity index (χ2v) is 6.81. The van der Waals surface area contributed by atoms with E-state index in [4.69, 9.17) is 4.74 Å². The molecule has 4 heteroatoms. The van der Waals surface area contributed by atoms with Crippen LogP contribution in [0.25, 0.3) is 0 Å². The molecule has 1 heterocycles. The van der Waals surface area contributed by atoms with E-state index in [1.807, 2.05) is 12.1 Å². The highest BCUT2D eigenvalue weighted by molar-refractivity contribution is 5.29. The van der Waals surface area contributed by atoms with E-state index >= 15 is 0 Å². The minimum atomic E-state index is -0.139. The Balaban J connectivity index is 1.94. The van der Waals surface area contributed by atoms with Crippen LogP contribution in [0.2, 0.25) is 0 Å². The molecule has 0 fully saturated rings. The van der Waals surface area contributed by atoms with Crippen molar-refractivity contribution in [3.63, 3.8) is 0 Å². The van der Waals surface area contributed by atoms with Gasteiger partial charge in [-0.25, -0.2) is 0 Å². The number of rotatable bonds is 5. The SMILES string of the molecule is CC(CC(C)(C)C)c1ccc(OCc2cc(=O)[nH][nH]2)cc1. The molecule has 114 valence electrons. The van der Waals surface area contributed by atoms with Crippen LogP contribution in [0.15, 0.2) is 35.1 Å². The molecule has 2 aromatic rings. The van der Waals surface area contributed by atoms with Gasteiger partial charge in [-0.15, -0.1) is 0 Å². The molecular weight excluding hydrogens is 264 g/mol. The van der Waals surface area contributed by atoms with Crippen molar-refractivity contribution in [1.82, 2.24) is 10.2 Å². The van der Waals surface area contributed by atoms with Crippen molar-refractivity contribution in [2.24, 2.45) is 5.41 Å². The molecule has 0 aliphatic rings. The molecule has 2 N–H and O–H groups in total. The number of nitrogens with one attached hydrogen (secondary N) is 2. The maximum absolute atomic E-state index is 11.0. The maximum atomic E-state index is 11.0. The molecule has 1 atom stereocenters. The van der Waals surface area contributed by atoms with Crippen LogP contribution in [0.5, 0.6) is 5.75 Å². The lowest BCUT2D eigenvalue weighted by Crippen LogP contribution is -2.09. The molecule has 0 bridgehead atoms. The molecule has 1 aromatic heterocycles. The fraction of sp³-hybridized carbons (Fsp3) is 0.471. The van der Waals surface area contributed by atoms with Crippen LogP contribution in [0, 0.1) is 5.41 Å². The van der Waals surface area contributed by atoms with E-state index in [1.54, 1.807) is 0 Å². The standard InChI is InChI=1S/C17H24N2O2/c1-12(10-17(2,3)4)13-5-7-15(8-6-13)21-11-14-9-16(20)19-18-14/h5-9,12H,10-11H2,1-4H3,(H2,18,19,20). The quantitative estimate of drug-likeness (QED) is 0.878. The number of H-pyrrole nitrogens is 2. The molecule has 0 aliphatic carbocycles. The Morgan fingerprint density at radius 3 is 2.33 bits per heavy atom. The third-order valence-electron chi connectivity index (χ3n) is 3.41. The van der Waals surface area contributed by atoms with Gasteiger partial charge in [0.05, 0.1) is 5.69 Å². The summed E-state index contributed by atoms with van der Waals surface area (Å²) in [4.78, 5) is 11.0. The molecule has 1 aromatic carbocycles. The summed E-state index contributed by atoms with van der Waals surface area (Å²) < 4.78 is 5.65. The van der Waals surface area contributed by atoms with Crippen molar-refractivity contribution >= 4 is 0 Å². The largest absolute Gasteiger partial charge is 0.487 e. The highest BCUT2D eigenvalue weighted by Gasteiger charge is 2.16. The molecule has 0 spiro atoms. The number of benzene rings is 1. The average molecular weight is 288 g/mol. The summed E-state index contributed by atoms with van der Waals surface area (Å²) in [7, 11) is 0. The van der Waals surface area contributed by atoms with Gasteiger partial charge in [0.25, 0.3) is 5.56 Å². The minimum Gasteiger partial charge on any atom is -0.487 e. The monoisotopic (exact) mass is 288 g/mol. The lowest BCUT2D eigenvalue weighted by Gasteiger charge is -2.23. The first-order chi connectivity index (χ1) is 9.83. The van der Waals surface area contributed by atoms with Crippen molar-refractivity contribution in [3.05, 3.63) is 51.9 Å². The van der Waals surface area contributed by atoms with Crippen LogP contribution in [0.4, 0.5) is 0 Å². The van der Waals surface area contributed by atoms with Gasteiger partial charge in [0.2, 0.25) is 0 Å². The molecule has 21 heavy (non-hydrogen) atoms. The van der Waals surface area contributed by atoms with Crippen molar-refractivity contribution in [2.45, 2.75) is 46.6 Å². The zero-order valence-corrected chi connectivity index (χ0v) is 13.2. The summed E-state index contributed by atoms with van der Waals surface area (Å²) in [6, 6.07) is 9.70. The Labute approximate surface area is 125 Å². The highest BCUT2D eigenvalue weighted by Crippen LogP contribution is 2.31. The van der Waals surface area contributed by atoms with Gasteiger partial charge in [0.15, 0.2) is 0 Å². The molecule has 0 saturated carbocycles. The molecule has 0 amide bonds. The van der Waals surface area contributed by atoms with E-state index in [9.17, 15) is 4.79 Å². The van der Waals surface area contributed by atoms with Crippen molar-refractivity contribution in [2.75, 3.05) is 0 Å². The molecule has 0 saturated heterocycles. The van der Waals surface area contributed by atoms with E-state index < -0.39 is 0 Å². The minimum absolute atomic E-state index is 0.139. The molecule has 2 rings (SSSR count). The van der Waals surface area contributed by atoms with Crippen LogP contribution in [-0.4, -0.2) is 10.2 Å². The van der Waals surface area contributed by atoms with Crippen LogP contribution < -0.4 is 10.3 Å². The van der Waals surface area contributed by atoms with Gasteiger partial charge in [0.1, 0.15) is 12.4 Å².